The SMILES string of the molecule is C=CCC1(C(=O)O)CCCN(C(=O)CCc2cnccn2)C1. The summed E-state index contributed by atoms with van der Waals surface area (Å²) in [7, 11) is 0. The predicted octanol–water partition coefficient (Wildman–Crippen LogP) is 1.68. The summed E-state index contributed by atoms with van der Waals surface area (Å²) < 4.78 is 0. The van der Waals surface area contributed by atoms with Crippen LogP contribution < -0.4 is 0 Å². The Kier molecular flexibility index (Phi) is 5.25. The fourth-order valence-electron chi connectivity index (χ4n) is 2.90. The second-order valence-corrected chi connectivity index (χ2v) is 5.69. The molecule has 0 bridgehead atoms. The molecule has 2 heterocycles. The van der Waals surface area contributed by atoms with Gasteiger partial charge in [-0.05, 0) is 25.7 Å². The van der Waals surface area contributed by atoms with Gasteiger partial charge in [0.2, 0.25) is 5.91 Å². The Bertz CT molecular complexity index is 547. The number of rotatable bonds is 6. The van der Waals surface area contributed by atoms with Crippen LogP contribution in [0.15, 0.2) is 31.2 Å². The van der Waals surface area contributed by atoms with Crippen molar-refractivity contribution in [2.45, 2.75) is 32.1 Å². The van der Waals surface area contributed by atoms with Crippen molar-refractivity contribution in [1.82, 2.24) is 14.9 Å². The molecule has 1 unspecified atom stereocenters. The van der Waals surface area contributed by atoms with Gasteiger partial charge < -0.3 is 10.0 Å². The number of aromatic nitrogens is 2. The second kappa shape index (κ2) is 7.15. The highest BCUT2D eigenvalue weighted by molar-refractivity contribution is 5.80. The zero-order valence-corrected chi connectivity index (χ0v) is 12.6. The molecule has 1 aliphatic heterocycles. The first-order valence-electron chi connectivity index (χ1n) is 7.44. The first kappa shape index (κ1) is 16.1. The van der Waals surface area contributed by atoms with Crippen LogP contribution in [0.5, 0.6) is 0 Å². The first-order valence-corrected chi connectivity index (χ1v) is 7.44. The summed E-state index contributed by atoms with van der Waals surface area (Å²) in [6, 6.07) is 0. The molecule has 2 rings (SSSR count). The molecule has 0 radical (unpaired) electrons. The van der Waals surface area contributed by atoms with E-state index in [-0.39, 0.29) is 12.5 Å². The Morgan fingerprint density at radius 2 is 2.27 bits per heavy atom. The summed E-state index contributed by atoms with van der Waals surface area (Å²) in [4.78, 5) is 33.7. The Morgan fingerprint density at radius 1 is 1.45 bits per heavy atom. The maximum atomic E-state index is 12.3. The van der Waals surface area contributed by atoms with Crippen LogP contribution in [0.2, 0.25) is 0 Å². The minimum atomic E-state index is -0.887. The number of piperidine rings is 1. The van der Waals surface area contributed by atoms with E-state index in [2.05, 4.69) is 16.5 Å². The van der Waals surface area contributed by atoms with Crippen molar-refractivity contribution < 1.29 is 14.7 Å². The summed E-state index contributed by atoms with van der Waals surface area (Å²) in [6.07, 6.45) is 8.97. The molecule has 0 spiro atoms. The summed E-state index contributed by atoms with van der Waals surface area (Å²) >= 11 is 0. The summed E-state index contributed by atoms with van der Waals surface area (Å²) in [5.41, 5.74) is -0.120. The van der Waals surface area contributed by atoms with Gasteiger partial charge in [0.1, 0.15) is 0 Å². The van der Waals surface area contributed by atoms with Gasteiger partial charge in [0.25, 0.3) is 0 Å². The number of carbonyl (C=O) groups excluding carboxylic acids is 1. The smallest absolute Gasteiger partial charge is 0.311 e. The van der Waals surface area contributed by atoms with Crippen molar-refractivity contribution in [2.24, 2.45) is 5.41 Å². The Morgan fingerprint density at radius 3 is 2.91 bits per heavy atom. The van der Waals surface area contributed by atoms with Gasteiger partial charge in [-0.1, -0.05) is 6.08 Å². The molecule has 22 heavy (non-hydrogen) atoms. The van der Waals surface area contributed by atoms with Crippen molar-refractivity contribution in [1.29, 1.82) is 0 Å². The van der Waals surface area contributed by atoms with Crippen LogP contribution in [-0.4, -0.2) is 44.9 Å². The van der Waals surface area contributed by atoms with Crippen LogP contribution in [0.4, 0.5) is 0 Å². The van der Waals surface area contributed by atoms with Crippen LogP contribution in [0.25, 0.3) is 0 Å². The van der Waals surface area contributed by atoms with E-state index < -0.39 is 11.4 Å². The van der Waals surface area contributed by atoms with Crippen molar-refractivity contribution in [3.8, 4) is 0 Å². The van der Waals surface area contributed by atoms with E-state index in [1.54, 1.807) is 29.6 Å². The number of aryl methyl sites for hydroxylation is 1. The highest BCUT2D eigenvalue weighted by atomic mass is 16.4. The summed E-state index contributed by atoms with van der Waals surface area (Å²) in [6.45, 7) is 4.52. The second-order valence-electron chi connectivity index (χ2n) is 5.69. The van der Waals surface area contributed by atoms with Gasteiger partial charge in [-0.2, -0.15) is 0 Å². The molecule has 1 fully saturated rings. The maximum Gasteiger partial charge on any atom is 0.311 e. The van der Waals surface area contributed by atoms with Gasteiger partial charge in [0.05, 0.1) is 11.1 Å². The van der Waals surface area contributed by atoms with Crippen molar-refractivity contribution in [3.05, 3.63) is 36.9 Å². The number of nitrogens with zero attached hydrogens (tertiary/aromatic N) is 3. The first-order chi connectivity index (χ1) is 10.6. The zero-order chi connectivity index (χ0) is 16.0. The monoisotopic (exact) mass is 303 g/mol. The molecular formula is C16H21N3O3. The van der Waals surface area contributed by atoms with Crippen LogP contribution in [0, 0.1) is 5.41 Å². The van der Waals surface area contributed by atoms with E-state index >= 15 is 0 Å². The van der Waals surface area contributed by atoms with Crippen LogP contribution in [0.1, 0.15) is 31.4 Å². The van der Waals surface area contributed by atoms with Crippen LogP contribution >= 0.6 is 0 Å². The zero-order valence-electron chi connectivity index (χ0n) is 12.6. The van der Waals surface area contributed by atoms with Crippen molar-refractivity contribution in [2.75, 3.05) is 13.1 Å². The molecule has 6 nitrogen and oxygen atoms in total. The molecule has 1 saturated heterocycles. The Balaban J connectivity index is 1.97. The molecule has 1 aliphatic rings. The van der Waals surface area contributed by atoms with Gasteiger partial charge in [-0.25, -0.2) is 0 Å². The number of aliphatic carboxylic acids is 1. The van der Waals surface area contributed by atoms with E-state index in [0.717, 1.165) is 5.69 Å². The molecule has 1 aromatic heterocycles. The minimum Gasteiger partial charge on any atom is -0.481 e. The number of carbonyl (C=O) groups is 2. The third kappa shape index (κ3) is 3.69. The van der Waals surface area contributed by atoms with Gasteiger partial charge >= 0.3 is 5.97 Å². The average Bonchev–Trinajstić information content (AvgIpc) is 2.54. The molecular weight excluding hydrogens is 282 g/mol. The van der Waals surface area contributed by atoms with E-state index in [4.69, 9.17) is 0 Å². The lowest BCUT2D eigenvalue weighted by Crippen LogP contribution is -2.49. The lowest BCUT2D eigenvalue weighted by atomic mass is 9.77. The topological polar surface area (TPSA) is 83.4 Å². The number of carboxylic acid groups (broad SMARTS) is 1. The standard InChI is InChI=1S/C16H21N3O3/c1-2-6-16(15(21)22)7-3-10-19(12-16)14(20)5-4-13-11-17-8-9-18-13/h2,8-9,11H,1,3-7,10,12H2,(H,21,22). The molecule has 0 aromatic carbocycles. The third-order valence-corrected chi connectivity index (χ3v) is 4.13. The Hall–Kier alpha value is -2.24. The van der Waals surface area contributed by atoms with Crippen LogP contribution in [-0.2, 0) is 16.0 Å². The van der Waals surface area contributed by atoms with Crippen LogP contribution in [0.3, 0.4) is 0 Å². The molecule has 6 heteroatoms. The number of likely N-dealkylation sites (tertiary alicyclic amines) is 1. The lowest BCUT2D eigenvalue weighted by Gasteiger charge is -2.39. The van der Waals surface area contributed by atoms with Gasteiger partial charge in [0.15, 0.2) is 0 Å². The van der Waals surface area contributed by atoms with E-state index in [9.17, 15) is 14.7 Å². The fraction of sp³-hybridized carbons (Fsp3) is 0.500. The fourth-order valence-corrected chi connectivity index (χ4v) is 2.90. The predicted molar refractivity (Wildman–Crippen MR) is 81.0 cm³/mol. The van der Waals surface area contributed by atoms with Crippen molar-refractivity contribution >= 4 is 11.9 Å². The number of hydrogen-bond donors (Lipinski definition) is 1. The number of allylic oxidation sites excluding steroid dienone is 1. The summed E-state index contributed by atoms with van der Waals surface area (Å²) in [5.74, 6) is -0.876. The largest absolute Gasteiger partial charge is 0.481 e. The molecule has 0 aliphatic carbocycles. The quantitative estimate of drug-likeness (QED) is 0.808. The summed E-state index contributed by atoms with van der Waals surface area (Å²) in [5, 5.41) is 9.52. The van der Waals surface area contributed by atoms with Crippen molar-refractivity contribution in [3.63, 3.8) is 0 Å². The molecule has 0 saturated carbocycles. The number of amides is 1. The van der Waals surface area contributed by atoms with E-state index in [1.165, 1.54) is 0 Å². The van der Waals surface area contributed by atoms with E-state index in [0.29, 0.717) is 38.6 Å². The van der Waals surface area contributed by atoms with E-state index in [1.807, 2.05) is 0 Å². The highest BCUT2D eigenvalue weighted by Gasteiger charge is 2.42. The maximum absolute atomic E-state index is 12.3. The number of carboxylic acids is 1. The highest BCUT2D eigenvalue weighted by Crippen LogP contribution is 2.34. The van der Waals surface area contributed by atoms with Gasteiger partial charge in [-0.3, -0.25) is 19.6 Å². The van der Waals surface area contributed by atoms with Gasteiger partial charge in [0, 0.05) is 38.1 Å². The minimum absolute atomic E-state index is 0.0277. The number of hydrogen-bond acceptors (Lipinski definition) is 4. The Labute approximate surface area is 129 Å². The molecule has 1 amide bonds. The molecule has 1 N–H and O–H groups in total. The third-order valence-electron chi connectivity index (χ3n) is 4.13. The molecule has 1 aromatic rings. The lowest BCUT2D eigenvalue weighted by molar-refractivity contribution is -0.154. The molecule has 1 atom stereocenters. The normalized spacial score (nSPS) is 21.4. The van der Waals surface area contributed by atoms with Gasteiger partial charge in [-0.15, -0.1) is 6.58 Å². The average molecular weight is 303 g/mol. The molecule has 118 valence electrons.